The van der Waals surface area contributed by atoms with Gasteiger partial charge in [0.25, 0.3) is 11.6 Å². The van der Waals surface area contributed by atoms with Gasteiger partial charge >= 0.3 is 0 Å². The van der Waals surface area contributed by atoms with Gasteiger partial charge in [-0.3, -0.25) is 19.8 Å². The number of rotatable bonds is 7. The average molecular weight is 417 g/mol. The Balaban J connectivity index is 1.75. The number of thioether (sulfide) groups is 1. The molecule has 1 aromatic heterocycles. The van der Waals surface area contributed by atoms with Crippen LogP contribution in [-0.2, 0) is 9.59 Å². The first-order valence-electron chi connectivity index (χ1n) is 8.15. The normalized spacial score (nSPS) is 15.4. The number of nitro groups is 1. The van der Waals surface area contributed by atoms with Gasteiger partial charge in [-0.2, -0.15) is 0 Å². The molecule has 0 atom stereocenters. The molecule has 0 aliphatic carbocycles. The number of furan rings is 1. The molecule has 2 aromatic rings. The van der Waals surface area contributed by atoms with E-state index in [1.807, 2.05) is 0 Å². The van der Waals surface area contributed by atoms with Crippen molar-refractivity contribution in [3.05, 3.63) is 57.2 Å². The average Bonchev–Trinajstić information content (AvgIpc) is 3.22. The number of hydrogen-bond acceptors (Lipinski definition) is 8. The molecule has 0 saturated carbocycles. The van der Waals surface area contributed by atoms with Gasteiger partial charge in [0, 0.05) is 36.3 Å². The second kappa shape index (κ2) is 8.36. The fourth-order valence-electron chi connectivity index (χ4n) is 2.56. The number of nitrogens with zero attached hydrogens (tertiary/aromatic N) is 2. The van der Waals surface area contributed by atoms with Crippen LogP contribution in [0.3, 0.4) is 0 Å². The summed E-state index contributed by atoms with van der Waals surface area (Å²) < 4.78 is 6.03. The van der Waals surface area contributed by atoms with Crippen LogP contribution in [0.1, 0.15) is 18.6 Å². The highest BCUT2D eigenvalue weighted by Gasteiger charge is 2.31. The Hall–Kier alpha value is -2.98. The van der Waals surface area contributed by atoms with E-state index >= 15 is 0 Å². The number of aliphatic carboxylic acids is 1. The van der Waals surface area contributed by atoms with Gasteiger partial charge in [0.05, 0.1) is 9.83 Å². The van der Waals surface area contributed by atoms with Crippen LogP contribution < -0.4 is 5.11 Å². The predicted molar refractivity (Wildman–Crippen MR) is 105 cm³/mol. The zero-order valence-electron chi connectivity index (χ0n) is 14.3. The molecule has 0 unspecified atom stereocenters. The van der Waals surface area contributed by atoms with Crippen molar-refractivity contribution in [2.75, 3.05) is 6.54 Å². The summed E-state index contributed by atoms with van der Waals surface area (Å²) in [5.74, 6) is -0.664. The van der Waals surface area contributed by atoms with Gasteiger partial charge in [0.1, 0.15) is 15.8 Å². The van der Waals surface area contributed by atoms with E-state index in [-0.39, 0.29) is 31.0 Å². The lowest BCUT2D eigenvalue weighted by molar-refractivity contribution is -0.384. The summed E-state index contributed by atoms with van der Waals surface area (Å²) in [7, 11) is 0. The topological polar surface area (TPSA) is 117 Å². The second-order valence-electron chi connectivity index (χ2n) is 5.82. The van der Waals surface area contributed by atoms with Crippen molar-refractivity contribution in [2.24, 2.45) is 0 Å². The highest BCUT2D eigenvalue weighted by Crippen LogP contribution is 2.34. The number of nitro benzene ring substituents is 1. The molecule has 8 nitrogen and oxygen atoms in total. The second-order valence-corrected chi connectivity index (χ2v) is 7.49. The van der Waals surface area contributed by atoms with E-state index in [1.54, 1.807) is 30.3 Å². The molecule has 1 aromatic carbocycles. The number of non-ortho nitro benzene ring substituents is 1. The molecule has 0 N–H and O–H groups in total. The Labute approximate surface area is 169 Å². The minimum absolute atomic E-state index is 0.0483. The maximum absolute atomic E-state index is 12.5. The lowest BCUT2D eigenvalue weighted by atomic mass is 10.1. The van der Waals surface area contributed by atoms with E-state index < -0.39 is 10.9 Å². The van der Waals surface area contributed by atoms with Crippen molar-refractivity contribution >= 4 is 51.9 Å². The third kappa shape index (κ3) is 4.46. The molecule has 0 spiro atoms. The highest BCUT2D eigenvalue weighted by molar-refractivity contribution is 8.26. The third-order valence-corrected chi connectivity index (χ3v) is 5.26. The smallest absolute Gasteiger partial charge is 0.270 e. The molecule has 1 fully saturated rings. The van der Waals surface area contributed by atoms with E-state index in [2.05, 4.69) is 0 Å². The lowest BCUT2D eigenvalue weighted by Gasteiger charge is -2.14. The van der Waals surface area contributed by atoms with Gasteiger partial charge < -0.3 is 14.3 Å². The molecule has 0 radical (unpaired) electrons. The monoisotopic (exact) mass is 417 g/mol. The van der Waals surface area contributed by atoms with Crippen LogP contribution in [0.15, 0.2) is 45.7 Å². The Bertz CT molecular complexity index is 997. The van der Waals surface area contributed by atoms with Crippen molar-refractivity contribution in [1.82, 2.24) is 4.90 Å². The molecule has 1 saturated heterocycles. The van der Waals surface area contributed by atoms with Crippen LogP contribution in [0.5, 0.6) is 0 Å². The Morgan fingerprint density at radius 2 is 2.11 bits per heavy atom. The Morgan fingerprint density at radius 3 is 2.82 bits per heavy atom. The summed E-state index contributed by atoms with van der Waals surface area (Å²) in [6, 6.07) is 9.35. The summed E-state index contributed by atoms with van der Waals surface area (Å²) in [6.07, 6.45) is 1.64. The molecule has 0 bridgehead atoms. The molecule has 144 valence electrons. The van der Waals surface area contributed by atoms with Gasteiger partial charge in [-0.05, 0) is 25.0 Å². The Kier molecular flexibility index (Phi) is 5.90. The number of hydrogen-bond donors (Lipinski definition) is 0. The number of carboxylic acids is 1. The number of carboxylic acid groups (broad SMARTS) is 1. The summed E-state index contributed by atoms with van der Waals surface area (Å²) in [4.78, 5) is 35.1. The highest BCUT2D eigenvalue weighted by atomic mass is 32.2. The van der Waals surface area contributed by atoms with Gasteiger partial charge in [-0.1, -0.05) is 36.1 Å². The van der Waals surface area contributed by atoms with E-state index in [0.717, 1.165) is 11.8 Å². The van der Waals surface area contributed by atoms with Crippen molar-refractivity contribution < 1.29 is 24.0 Å². The minimum Gasteiger partial charge on any atom is -0.550 e. The van der Waals surface area contributed by atoms with Crippen molar-refractivity contribution in [3.63, 3.8) is 0 Å². The first-order valence-corrected chi connectivity index (χ1v) is 9.37. The number of amides is 1. The van der Waals surface area contributed by atoms with Crippen molar-refractivity contribution in [2.45, 2.75) is 12.8 Å². The number of carbonyl (C=O) groups is 2. The van der Waals surface area contributed by atoms with Crippen LogP contribution in [0.2, 0.25) is 0 Å². The largest absolute Gasteiger partial charge is 0.550 e. The van der Waals surface area contributed by atoms with Crippen molar-refractivity contribution in [3.8, 4) is 11.3 Å². The number of benzene rings is 1. The lowest BCUT2D eigenvalue weighted by Crippen LogP contribution is -2.30. The van der Waals surface area contributed by atoms with Crippen molar-refractivity contribution in [1.29, 1.82) is 0 Å². The number of carbonyl (C=O) groups excluding carboxylic acids is 2. The van der Waals surface area contributed by atoms with Crippen LogP contribution in [-0.4, -0.2) is 32.6 Å². The van der Waals surface area contributed by atoms with Crippen LogP contribution in [0.4, 0.5) is 5.69 Å². The van der Waals surface area contributed by atoms with Gasteiger partial charge in [0.2, 0.25) is 0 Å². The minimum atomic E-state index is -1.18. The number of thiocarbonyl (C=S) groups is 1. The zero-order chi connectivity index (χ0) is 20.3. The molecule has 2 heterocycles. The summed E-state index contributed by atoms with van der Waals surface area (Å²) in [5, 5.41) is 21.4. The zero-order valence-corrected chi connectivity index (χ0v) is 16.0. The molecular formula is C18H13N2O6S2-. The first kappa shape index (κ1) is 19.8. The molecular weight excluding hydrogens is 404 g/mol. The molecule has 28 heavy (non-hydrogen) atoms. The fourth-order valence-corrected chi connectivity index (χ4v) is 3.85. The molecule has 3 rings (SSSR count). The fraction of sp³-hybridized carbons (Fsp3) is 0.167. The third-order valence-electron chi connectivity index (χ3n) is 3.88. The van der Waals surface area contributed by atoms with Gasteiger partial charge in [0.15, 0.2) is 0 Å². The summed E-state index contributed by atoms with van der Waals surface area (Å²) in [6.45, 7) is 0.201. The van der Waals surface area contributed by atoms with E-state index in [9.17, 15) is 24.8 Å². The maximum Gasteiger partial charge on any atom is 0.270 e. The quantitative estimate of drug-likeness (QED) is 0.292. The summed E-state index contributed by atoms with van der Waals surface area (Å²) >= 11 is 6.28. The Morgan fingerprint density at radius 1 is 1.32 bits per heavy atom. The molecule has 1 aliphatic rings. The molecule has 10 heteroatoms. The standard InChI is InChI=1S/C18H14N2O6S2/c21-16(22)5-2-8-19-17(23)15(28-18(19)27)10-13-6-7-14(26-13)11-3-1-4-12(9-11)20(24)25/h1,3-4,6-7,9-10H,2,5,8H2,(H,21,22)/p-1/b15-10-. The van der Waals surface area contributed by atoms with Gasteiger partial charge in [-0.15, -0.1) is 0 Å². The van der Waals surface area contributed by atoms with Crippen LogP contribution in [0, 0.1) is 10.1 Å². The molecule has 1 aliphatic heterocycles. The maximum atomic E-state index is 12.5. The van der Waals surface area contributed by atoms with E-state index in [0.29, 0.717) is 26.3 Å². The van der Waals surface area contributed by atoms with E-state index in [1.165, 1.54) is 17.0 Å². The first-order chi connectivity index (χ1) is 13.3. The summed E-state index contributed by atoms with van der Waals surface area (Å²) in [5.41, 5.74) is 0.497. The van der Waals surface area contributed by atoms with Crippen LogP contribution in [0.25, 0.3) is 17.4 Å². The van der Waals surface area contributed by atoms with Crippen LogP contribution >= 0.6 is 24.0 Å². The van der Waals surface area contributed by atoms with E-state index in [4.69, 9.17) is 16.6 Å². The SMILES string of the molecule is O=C([O-])CCCN1C(=O)/C(=C/c2ccc(-c3cccc([N+](=O)[O-])c3)o2)SC1=S. The predicted octanol–water partition coefficient (Wildman–Crippen LogP) is 2.59. The van der Waals surface area contributed by atoms with Gasteiger partial charge in [-0.25, -0.2) is 0 Å². The molecule has 1 amide bonds.